The van der Waals surface area contributed by atoms with Crippen molar-refractivity contribution in [3.63, 3.8) is 0 Å². The molecule has 1 aromatic rings. The quantitative estimate of drug-likeness (QED) is 0.748. The molecule has 25 heavy (non-hydrogen) atoms. The molecule has 0 radical (unpaired) electrons. The Morgan fingerprint density at radius 1 is 1.32 bits per heavy atom. The smallest absolute Gasteiger partial charge is 0.408 e. The van der Waals surface area contributed by atoms with Crippen molar-refractivity contribution in [2.75, 3.05) is 5.32 Å². The van der Waals surface area contributed by atoms with Crippen molar-refractivity contribution >= 4 is 23.6 Å². The molecule has 0 bridgehead atoms. The highest BCUT2D eigenvalue weighted by atomic mass is 16.6. The summed E-state index contributed by atoms with van der Waals surface area (Å²) in [6.45, 7) is 9.23. The van der Waals surface area contributed by atoms with E-state index in [4.69, 9.17) is 4.74 Å². The van der Waals surface area contributed by atoms with Crippen molar-refractivity contribution in [1.82, 2.24) is 14.9 Å². The predicted octanol–water partition coefficient (Wildman–Crippen LogP) is 2.49. The molecule has 0 aromatic carbocycles. The summed E-state index contributed by atoms with van der Waals surface area (Å²) in [7, 11) is 0. The molecule has 1 rings (SSSR count). The minimum atomic E-state index is -0.706. The van der Waals surface area contributed by atoms with Gasteiger partial charge in [-0.25, -0.2) is 9.78 Å². The highest BCUT2D eigenvalue weighted by Gasteiger charge is 2.24. The highest BCUT2D eigenvalue weighted by molar-refractivity contribution is 5.95. The third-order valence-electron chi connectivity index (χ3n) is 3.19. The number of hydrogen-bond acceptors (Lipinski definition) is 5. The lowest BCUT2D eigenvalue weighted by Gasteiger charge is -2.22. The van der Waals surface area contributed by atoms with E-state index < -0.39 is 17.7 Å². The fraction of sp³-hybridized carbons (Fsp3) is 0.647. The molecule has 0 aliphatic heterocycles. The molecule has 8 heteroatoms. The minimum absolute atomic E-state index is 0.0869. The molecule has 140 valence electrons. The van der Waals surface area contributed by atoms with E-state index in [1.165, 1.54) is 6.92 Å². The van der Waals surface area contributed by atoms with Gasteiger partial charge in [-0.15, -0.1) is 0 Å². The zero-order valence-electron chi connectivity index (χ0n) is 15.6. The maximum atomic E-state index is 12.4. The molecule has 0 aliphatic carbocycles. The summed E-state index contributed by atoms with van der Waals surface area (Å²) < 4.78 is 6.92. The average molecular weight is 352 g/mol. The molecular weight excluding hydrogens is 324 g/mol. The fourth-order valence-corrected chi connectivity index (χ4v) is 2.05. The monoisotopic (exact) mass is 352 g/mol. The van der Waals surface area contributed by atoms with Crippen LogP contribution in [0.2, 0.25) is 0 Å². The van der Waals surface area contributed by atoms with Gasteiger partial charge < -0.3 is 19.9 Å². The summed E-state index contributed by atoms with van der Waals surface area (Å²) in [4.78, 5) is 39.4. The molecule has 8 nitrogen and oxygen atoms in total. The lowest BCUT2D eigenvalue weighted by molar-refractivity contribution is -0.118. The number of imidazole rings is 1. The second-order valence-electron chi connectivity index (χ2n) is 6.93. The Hall–Kier alpha value is -2.38. The largest absolute Gasteiger partial charge is 0.444 e. The Morgan fingerprint density at radius 3 is 2.56 bits per heavy atom. The maximum absolute atomic E-state index is 12.4. The number of nitrogens with one attached hydrogen (secondary N) is 2. The van der Waals surface area contributed by atoms with Crippen LogP contribution in [0, 0.1) is 0 Å². The zero-order chi connectivity index (χ0) is 19.0. The summed E-state index contributed by atoms with van der Waals surface area (Å²) in [6.07, 6.45) is 4.18. The van der Waals surface area contributed by atoms with Gasteiger partial charge in [0.05, 0.1) is 6.33 Å². The van der Waals surface area contributed by atoms with Gasteiger partial charge in [-0.3, -0.25) is 9.59 Å². The van der Waals surface area contributed by atoms with E-state index in [0.29, 0.717) is 25.2 Å². The number of anilines is 1. The first-order valence-corrected chi connectivity index (χ1v) is 8.42. The number of carbonyl (C=O) groups excluding carboxylic acids is 3. The van der Waals surface area contributed by atoms with Crippen LogP contribution in [0.25, 0.3) is 0 Å². The van der Waals surface area contributed by atoms with Crippen LogP contribution in [0.5, 0.6) is 0 Å². The number of nitrogens with zero attached hydrogens (tertiary/aromatic N) is 2. The Kier molecular flexibility index (Phi) is 7.60. The summed E-state index contributed by atoms with van der Waals surface area (Å²) in [5.74, 6) is 0.106. The first-order valence-electron chi connectivity index (χ1n) is 8.42. The molecule has 0 spiro atoms. The molecule has 1 unspecified atom stereocenters. The Labute approximate surface area is 148 Å². The van der Waals surface area contributed by atoms with Gasteiger partial charge in [-0.05, 0) is 34.1 Å². The first-order chi connectivity index (χ1) is 11.6. The van der Waals surface area contributed by atoms with E-state index in [-0.39, 0.29) is 11.7 Å². The number of amides is 2. The number of hydrogen-bond donors (Lipinski definition) is 2. The summed E-state index contributed by atoms with van der Waals surface area (Å²) >= 11 is 0. The molecule has 2 amide bonds. The lowest BCUT2D eigenvalue weighted by atomic mass is 10.1. The molecular formula is C17H28N4O4. The van der Waals surface area contributed by atoms with Gasteiger partial charge in [0.2, 0.25) is 5.91 Å². The van der Waals surface area contributed by atoms with Gasteiger partial charge in [0.1, 0.15) is 17.4 Å². The normalized spacial score (nSPS) is 12.4. The molecule has 0 aliphatic rings. The molecule has 1 heterocycles. The lowest BCUT2D eigenvalue weighted by Crippen LogP contribution is -2.45. The fourth-order valence-electron chi connectivity index (χ4n) is 2.05. The van der Waals surface area contributed by atoms with Crippen LogP contribution in [-0.2, 0) is 20.9 Å². The van der Waals surface area contributed by atoms with E-state index in [2.05, 4.69) is 15.6 Å². The third kappa shape index (κ3) is 8.32. The van der Waals surface area contributed by atoms with Gasteiger partial charge in [0.15, 0.2) is 5.82 Å². The summed E-state index contributed by atoms with van der Waals surface area (Å²) in [5, 5.41) is 5.27. The molecule has 0 saturated heterocycles. The van der Waals surface area contributed by atoms with Crippen LogP contribution in [0.4, 0.5) is 10.6 Å². The van der Waals surface area contributed by atoms with E-state index in [0.717, 1.165) is 6.42 Å². The summed E-state index contributed by atoms with van der Waals surface area (Å²) in [6, 6.07) is -0.706. The zero-order valence-corrected chi connectivity index (χ0v) is 15.6. The Morgan fingerprint density at radius 2 is 2.00 bits per heavy atom. The van der Waals surface area contributed by atoms with Crippen molar-refractivity contribution in [3.05, 3.63) is 12.5 Å². The number of rotatable bonds is 8. The highest BCUT2D eigenvalue weighted by Crippen LogP contribution is 2.09. The van der Waals surface area contributed by atoms with Gasteiger partial charge >= 0.3 is 6.09 Å². The number of aryl methyl sites for hydroxylation is 1. The standard InChI is InChI=1S/C17H28N4O4/c1-6-7-13(19-16(24)25-17(3,4)5)15(23)20-14-10-21(11-18-14)9-8-12(2)22/h10-11,13H,6-9H2,1-5H3,(H,19,24)(H,20,23). The minimum Gasteiger partial charge on any atom is -0.444 e. The molecule has 0 fully saturated rings. The van der Waals surface area contributed by atoms with Crippen molar-refractivity contribution in [2.24, 2.45) is 0 Å². The third-order valence-corrected chi connectivity index (χ3v) is 3.19. The molecule has 1 atom stereocenters. The topological polar surface area (TPSA) is 102 Å². The second-order valence-corrected chi connectivity index (χ2v) is 6.93. The van der Waals surface area contributed by atoms with Gasteiger partial charge in [0, 0.05) is 19.2 Å². The average Bonchev–Trinajstić information content (AvgIpc) is 2.90. The van der Waals surface area contributed by atoms with Gasteiger partial charge in [-0.2, -0.15) is 0 Å². The number of carbonyl (C=O) groups is 3. The SMILES string of the molecule is CCCC(NC(=O)OC(C)(C)C)C(=O)Nc1cn(CCC(C)=O)cn1. The Bertz CT molecular complexity index is 604. The first kappa shape index (κ1) is 20.7. The summed E-state index contributed by atoms with van der Waals surface area (Å²) in [5.41, 5.74) is -0.632. The second kappa shape index (κ2) is 9.19. The number of Topliss-reactive ketones (excluding diaryl/α,β-unsaturated/α-hetero) is 1. The van der Waals surface area contributed by atoms with E-state index in [1.807, 2.05) is 6.92 Å². The van der Waals surface area contributed by atoms with Crippen molar-refractivity contribution in [3.8, 4) is 0 Å². The number of alkyl carbamates (subject to hydrolysis) is 1. The van der Waals surface area contributed by atoms with Crippen LogP contribution in [-0.4, -0.2) is 39.0 Å². The molecule has 1 aromatic heterocycles. The van der Waals surface area contributed by atoms with Gasteiger partial charge in [0.25, 0.3) is 0 Å². The van der Waals surface area contributed by atoms with Crippen molar-refractivity contribution in [2.45, 2.75) is 72.1 Å². The van der Waals surface area contributed by atoms with Crippen molar-refractivity contribution < 1.29 is 19.1 Å². The van der Waals surface area contributed by atoms with Gasteiger partial charge in [-0.1, -0.05) is 13.3 Å². The van der Waals surface area contributed by atoms with E-state index >= 15 is 0 Å². The molecule has 2 N–H and O–H groups in total. The van der Waals surface area contributed by atoms with Crippen LogP contribution in [0.15, 0.2) is 12.5 Å². The van der Waals surface area contributed by atoms with Crippen LogP contribution >= 0.6 is 0 Å². The Balaban J connectivity index is 2.64. The van der Waals surface area contributed by atoms with Crippen LogP contribution < -0.4 is 10.6 Å². The number of aromatic nitrogens is 2. The molecule has 0 saturated carbocycles. The van der Waals surface area contributed by atoms with E-state index in [1.54, 1.807) is 37.9 Å². The van der Waals surface area contributed by atoms with E-state index in [9.17, 15) is 14.4 Å². The number of ketones is 1. The van der Waals surface area contributed by atoms with Crippen molar-refractivity contribution in [1.29, 1.82) is 0 Å². The predicted molar refractivity (Wildman–Crippen MR) is 94.2 cm³/mol. The van der Waals surface area contributed by atoms with Crippen LogP contribution in [0.3, 0.4) is 0 Å². The van der Waals surface area contributed by atoms with Crippen LogP contribution in [0.1, 0.15) is 53.9 Å². The number of ether oxygens (including phenoxy) is 1. The maximum Gasteiger partial charge on any atom is 0.408 e.